The molecule has 2 N–H and O–H groups in total. The number of hydrogen-bond donors (Lipinski definition) is 2. The second-order valence-electron chi connectivity index (χ2n) is 1.98. The summed E-state index contributed by atoms with van der Waals surface area (Å²) in [6.07, 6.45) is 1.16. The number of carbonyl (C=O) groups is 1. The van der Waals surface area contributed by atoms with E-state index in [-0.39, 0.29) is 32.2 Å². The lowest BCUT2D eigenvalue weighted by atomic mass is 10.4. The van der Waals surface area contributed by atoms with Crippen LogP contribution >= 0.6 is 0 Å². The maximum Gasteiger partial charge on any atom is 0.246 e. The van der Waals surface area contributed by atoms with Crippen LogP contribution in [0.25, 0.3) is 0 Å². The fraction of sp³-hybridized carbons (Fsp3) is 0.667. The average molecular weight is 189 g/mol. The highest BCUT2D eigenvalue weighted by molar-refractivity contribution is 5.86. The Hall–Kier alpha value is -0.870. The van der Waals surface area contributed by atoms with Crippen molar-refractivity contribution in [2.24, 2.45) is 0 Å². The molecule has 0 aromatic carbocycles. The van der Waals surface area contributed by atoms with Gasteiger partial charge in [-0.05, 0) is 6.08 Å². The fourth-order valence-corrected chi connectivity index (χ4v) is 0.703. The Morgan fingerprint density at radius 3 is 1.92 bits per heavy atom. The summed E-state index contributed by atoms with van der Waals surface area (Å²) in [6, 6.07) is 0. The monoisotopic (exact) mass is 189 g/mol. The Bertz CT molecular complexity index is 131. The molecular formula is C9H19NO3. The first-order valence-corrected chi connectivity index (χ1v) is 4.39. The van der Waals surface area contributed by atoms with Crippen molar-refractivity contribution in [1.29, 1.82) is 0 Å². The van der Waals surface area contributed by atoms with Crippen LogP contribution in [-0.4, -0.2) is 47.3 Å². The van der Waals surface area contributed by atoms with Gasteiger partial charge in [-0.2, -0.15) is 0 Å². The largest absolute Gasteiger partial charge is 0.395 e. The maximum absolute atomic E-state index is 10.9. The van der Waals surface area contributed by atoms with Gasteiger partial charge in [-0.1, -0.05) is 20.4 Å². The summed E-state index contributed by atoms with van der Waals surface area (Å²) in [5.74, 6) is -0.270. The molecule has 0 aliphatic rings. The van der Waals surface area contributed by atoms with Crippen LogP contribution in [0, 0.1) is 0 Å². The lowest BCUT2D eigenvalue weighted by Crippen LogP contribution is -2.34. The van der Waals surface area contributed by atoms with E-state index < -0.39 is 0 Å². The van der Waals surface area contributed by atoms with E-state index in [1.165, 1.54) is 4.90 Å². The Morgan fingerprint density at radius 1 is 1.31 bits per heavy atom. The third kappa shape index (κ3) is 7.49. The van der Waals surface area contributed by atoms with Crippen molar-refractivity contribution in [1.82, 2.24) is 4.90 Å². The summed E-state index contributed by atoms with van der Waals surface area (Å²) in [7, 11) is 0. The number of amides is 1. The van der Waals surface area contributed by atoms with Crippen molar-refractivity contribution in [2.45, 2.75) is 13.8 Å². The van der Waals surface area contributed by atoms with Crippen LogP contribution in [0.2, 0.25) is 0 Å². The molecular weight excluding hydrogens is 170 g/mol. The van der Waals surface area contributed by atoms with Crippen LogP contribution in [0.4, 0.5) is 0 Å². The van der Waals surface area contributed by atoms with E-state index in [0.29, 0.717) is 0 Å². The molecule has 0 atom stereocenters. The predicted octanol–water partition coefficient (Wildman–Crippen LogP) is 0.0118. The van der Waals surface area contributed by atoms with E-state index in [1.54, 1.807) is 0 Å². The number of carbonyl (C=O) groups excluding carboxylic acids is 1. The summed E-state index contributed by atoms with van der Waals surface area (Å²) >= 11 is 0. The SMILES string of the molecule is C=CC(=O)N(CCO)CCO.CC. The second-order valence-corrected chi connectivity index (χ2v) is 1.98. The number of rotatable bonds is 5. The van der Waals surface area contributed by atoms with Crippen molar-refractivity contribution < 1.29 is 15.0 Å². The Labute approximate surface area is 79.5 Å². The van der Waals surface area contributed by atoms with Crippen LogP contribution in [0.1, 0.15) is 13.8 Å². The lowest BCUT2D eigenvalue weighted by Gasteiger charge is -2.17. The van der Waals surface area contributed by atoms with Gasteiger partial charge >= 0.3 is 0 Å². The van der Waals surface area contributed by atoms with Gasteiger partial charge in [0, 0.05) is 13.1 Å². The summed E-state index contributed by atoms with van der Waals surface area (Å²) < 4.78 is 0. The molecule has 0 spiro atoms. The van der Waals surface area contributed by atoms with Crippen molar-refractivity contribution in [3.05, 3.63) is 12.7 Å². The molecule has 0 heterocycles. The Balaban J connectivity index is 0. The van der Waals surface area contributed by atoms with Crippen LogP contribution < -0.4 is 0 Å². The minimum atomic E-state index is -0.270. The highest BCUT2D eigenvalue weighted by Gasteiger charge is 2.06. The Kier molecular flexibility index (Phi) is 12.5. The zero-order valence-corrected chi connectivity index (χ0v) is 8.36. The first-order valence-electron chi connectivity index (χ1n) is 4.39. The highest BCUT2D eigenvalue weighted by atomic mass is 16.3. The van der Waals surface area contributed by atoms with Gasteiger partial charge in [0.25, 0.3) is 0 Å². The summed E-state index contributed by atoms with van der Waals surface area (Å²) in [4.78, 5) is 12.2. The van der Waals surface area contributed by atoms with Crippen LogP contribution in [0.15, 0.2) is 12.7 Å². The predicted molar refractivity (Wildman–Crippen MR) is 52.3 cm³/mol. The normalized spacial score (nSPS) is 8.31. The van der Waals surface area contributed by atoms with E-state index in [1.807, 2.05) is 13.8 Å². The zero-order valence-electron chi connectivity index (χ0n) is 8.36. The van der Waals surface area contributed by atoms with E-state index in [0.717, 1.165) is 6.08 Å². The molecule has 0 bridgehead atoms. The van der Waals surface area contributed by atoms with E-state index >= 15 is 0 Å². The van der Waals surface area contributed by atoms with Gasteiger partial charge in [0.05, 0.1) is 13.2 Å². The van der Waals surface area contributed by atoms with E-state index in [9.17, 15) is 4.79 Å². The van der Waals surface area contributed by atoms with Gasteiger partial charge in [0.1, 0.15) is 0 Å². The molecule has 13 heavy (non-hydrogen) atoms. The first-order chi connectivity index (χ1) is 6.26. The second kappa shape index (κ2) is 11.1. The van der Waals surface area contributed by atoms with Crippen LogP contribution in [0.5, 0.6) is 0 Å². The summed E-state index contributed by atoms with van der Waals surface area (Å²) in [5.41, 5.74) is 0. The molecule has 0 saturated carbocycles. The van der Waals surface area contributed by atoms with Crippen molar-refractivity contribution >= 4 is 5.91 Å². The number of aliphatic hydroxyl groups is 2. The maximum atomic E-state index is 10.9. The van der Waals surface area contributed by atoms with Gasteiger partial charge in [0.15, 0.2) is 0 Å². The smallest absolute Gasteiger partial charge is 0.246 e. The summed E-state index contributed by atoms with van der Waals surface area (Å²) in [5, 5.41) is 17.0. The number of aliphatic hydroxyl groups excluding tert-OH is 2. The molecule has 0 fully saturated rings. The minimum absolute atomic E-state index is 0.0976. The number of nitrogens with zero attached hydrogens (tertiary/aromatic N) is 1. The van der Waals surface area contributed by atoms with Gasteiger partial charge in [0.2, 0.25) is 5.91 Å². The van der Waals surface area contributed by atoms with Crippen LogP contribution in [-0.2, 0) is 4.79 Å². The first kappa shape index (κ1) is 14.6. The third-order valence-electron chi connectivity index (χ3n) is 1.23. The molecule has 0 radical (unpaired) electrons. The fourth-order valence-electron chi connectivity index (χ4n) is 0.703. The van der Waals surface area contributed by atoms with Gasteiger partial charge in [-0.25, -0.2) is 0 Å². The molecule has 0 aromatic rings. The van der Waals surface area contributed by atoms with E-state index in [4.69, 9.17) is 10.2 Å². The molecule has 0 aliphatic carbocycles. The number of hydrogen-bond acceptors (Lipinski definition) is 3. The third-order valence-corrected chi connectivity index (χ3v) is 1.23. The summed E-state index contributed by atoms with van der Waals surface area (Å²) in [6.45, 7) is 7.58. The lowest BCUT2D eigenvalue weighted by molar-refractivity contribution is -0.127. The van der Waals surface area contributed by atoms with Gasteiger partial charge < -0.3 is 15.1 Å². The Morgan fingerprint density at radius 2 is 1.69 bits per heavy atom. The highest BCUT2D eigenvalue weighted by Crippen LogP contribution is 1.88. The molecule has 0 rings (SSSR count). The molecule has 0 saturated heterocycles. The van der Waals surface area contributed by atoms with Crippen molar-refractivity contribution in [2.75, 3.05) is 26.3 Å². The van der Waals surface area contributed by atoms with Crippen LogP contribution in [0.3, 0.4) is 0 Å². The molecule has 78 valence electrons. The van der Waals surface area contributed by atoms with E-state index in [2.05, 4.69) is 6.58 Å². The zero-order chi connectivity index (χ0) is 10.7. The van der Waals surface area contributed by atoms with Crippen molar-refractivity contribution in [3.63, 3.8) is 0 Å². The standard InChI is InChI=1S/C7H13NO3.C2H6/c1-2-7(11)8(3-5-9)4-6-10;1-2/h2,9-10H,1,3-6H2;1-2H3. The molecule has 0 aromatic heterocycles. The topological polar surface area (TPSA) is 60.8 Å². The molecule has 4 heteroatoms. The minimum Gasteiger partial charge on any atom is -0.395 e. The quantitative estimate of drug-likeness (QED) is 0.599. The molecule has 4 nitrogen and oxygen atoms in total. The average Bonchev–Trinajstić information content (AvgIpc) is 2.19. The molecule has 0 unspecified atom stereocenters. The van der Waals surface area contributed by atoms with Crippen molar-refractivity contribution in [3.8, 4) is 0 Å². The molecule has 1 amide bonds. The van der Waals surface area contributed by atoms with Gasteiger partial charge in [-0.3, -0.25) is 4.79 Å². The van der Waals surface area contributed by atoms with Gasteiger partial charge in [-0.15, -0.1) is 0 Å². The molecule has 0 aliphatic heterocycles.